The second-order valence-electron chi connectivity index (χ2n) is 10.7. The minimum absolute atomic E-state index is 0.0881. The summed E-state index contributed by atoms with van der Waals surface area (Å²) in [6.07, 6.45) is 0.113. The third kappa shape index (κ3) is 13.6. The molecule has 3 rings (SSSR count). The molecule has 47 heavy (non-hydrogen) atoms. The van der Waals surface area contributed by atoms with Gasteiger partial charge in [-0.05, 0) is 54.3 Å². The minimum Gasteiger partial charge on any atom is -0.482 e. The highest BCUT2D eigenvalue weighted by molar-refractivity contribution is 5.97. The predicted molar refractivity (Wildman–Crippen MR) is 171 cm³/mol. The van der Waals surface area contributed by atoms with Gasteiger partial charge in [0.2, 0.25) is 5.91 Å². The van der Waals surface area contributed by atoms with Crippen LogP contribution in [0.2, 0.25) is 0 Å². The number of benzene rings is 3. The van der Waals surface area contributed by atoms with E-state index >= 15 is 0 Å². The first-order valence-corrected chi connectivity index (χ1v) is 15.2. The zero-order valence-electron chi connectivity index (χ0n) is 26.7. The summed E-state index contributed by atoms with van der Waals surface area (Å²) in [5.74, 6) is -2.05. The molecule has 0 fully saturated rings. The van der Waals surface area contributed by atoms with Crippen LogP contribution < -0.4 is 20.1 Å². The Morgan fingerprint density at radius 3 is 2.09 bits per heavy atom. The highest BCUT2D eigenvalue weighted by Gasteiger charge is 2.24. The fourth-order valence-corrected chi connectivity index (χ4v) is 4.00. The number of esters is 3. The van der Waals surface area contributed by atoms with Crippen LogP contribution in [0, 0.1) is 5.92 Å². The Bertz CT molecular complexity index is 1480. The van der Waals surface area contributed by atoms with Crippen LogP contribution >= 0.6 is 0 Å². The Hall–Kier alpha value is -5.39. The predicted octanol–water partition coefficient (Wildman–Crippen LogP) is 3.41. The molecule has 2 amide bonds. The molecule has 1 atom stereocenters. The fraction of sp³-hybridized carbons (Fsp3) is 0.343. The summed E-state index contributed by atoms with van der Waals surface area (Å²) in [5.41, 5.74) is 1.74. The molecule has 0 bridgehead atoms. The van der Waals surface area contributed by atoms with Crippen molar-refractivity contribution in [2.24, 2.45) is 5.92 Å². The molecule has 250 valence electrons. The molecule has 3 aromatic carbocycles. The molecule has 0 aliphatic heterocycles. The maximum Gasteiger partial charge on any atom is 0.344 e. The lowest BCUT2D eigenvalue weighted by Gasteiger charge is -2.19. The van der Waals surface area contributed by atoms with Crippen LogP contribution in [0.1, 0.15) is 42.3 Å². The van der Waals surface area contributed by atoms with Crippen molar-refractivity contribution in [1.29, 1.82) is 0 Å². The monoisotopic (exact) mass is 648 g/mol. The molecule has 0 aromatic heterocycles. The maximum atomic E-state index is 12.9. The van der Waals surface area contributed by atoms with Crippen LogP contribution in [0.3, 0.4) is 0 Å². The molecule has 0 saturated carbocycles. The van der Waals surface area contributed by atoms with Crippen LogP contribution in [0.15, 0.2) is 78.9 Å². The summed E-state index contributed by atoms with van der Waals surface area (Å²) in [4.78, 5) is 62.1. The summed E-state index contributed by atoms with van der Waals surface area (Å²) >= 11 is 0. The molecule has 0 heterocycles. The van der Waals surface area contributed by atoms with Crippen molar-refractivity contribution in [3.63, 3.8) is 0 Å². The molecule has 2 N–H and O–H groups in total. The summed E-state index contributed by atoms with van der Waals surface area (Å²) in [5, 5.41) is 5.16. The van der Waals surface area contributed by atoms with Gasteiger partial charge in [-0.3, -0.25) is 9.59 Å². The normalized spacial score (nSPS) is 11.1. The van der Waals surface area contributed by atoms with Gasteiger partial charge in [0.05, 0.1) is 19.8 Å². The number of carbonyl (C=O) groups excluding carboxylic acids is 5. The van der Waals surface area contributed by atoms with Gasteiger partial charge in [-0.25, -0.2) is 14.4 Å². The molecule has 0 saturated heterocycles. The fourth-order valence-electron chi connectivity index (χ4n) is 4.00. The average Bonchev–Trinajstić information content (AvgIpc) is 3.07. The summed E-state index contributed by atoms with van der Waals surface area (Å²) in [7, 11) is 0. The van der Waals surface area contributed by atoms with Crippen molar-refractivity contribution in [3.05, 3.63) is 95.6 Å². The van der Waals surface area contributed by atoms with Crippen LogP contribution in [0.25, 0.3) is 0 Å². The van der Waals surface area contributed by atoms with Crippen LogP contribution in [0.4, 0.5) is 0 Å². The lowest BCUT2D eigenvalue weighted by atomic mass is 10.1. The van der Waals surface area contributed by atoms with E-state index in [4.69, 9.17) is 23.7 Å². The molecule has 0 aliphatic carbocycles. The zero-order chi connectivity index (χ0) is 34.0. The average molecular weight is 649 g/mol. The van der Waals surface area contributed by atoms with Gasteiger partial charge in [0.15, 0.2) is 13.2 Å². The third-order valence-electron chi connectivity index (χ3n) is 6.31. The first-order chi connectivity index (χ1) is 22.6. The second-order valence-corrected chi connectivity index (χ2v) is 10.7. The molecule has 0 aliphatic rings. The Kier molecular flexibility index (Phi) is 14.7. The van der Waals surface area contributed by atoms with Gasteiger partial charge in [0, 0.05) is 12.0 Å². The summed E-state index contributed by atoms with van der Waals surface area (Å²) in [6, 6.07) is 21.0. The van der Waals surface area contributed by atoms with E-state index < -0.39 is 42.3 Å². The molecule has 3 aromatic rings. The Morgan fingerprint density at radius 2 is 1.40 bits per heavy atom. The Labute approximate surface area is 273 Å². The summed E-state index contributed by atoms with van der Waals surface area (Å²) < 4.78 is 26.3. The molecular weight excluding hydrogens is 608 g/mol. The van der Waals surface area contributed by atoms with E-state index in [1.807, 2.05) is 44.2 Å². The number of ether oxygens (including phenoxy) is 5. The van der Waals surface area contributed by atoms with Crippen LogP contribution in [0.5, 0.6) is 11.5 Å². The second kappa shape index (κ2) is 19.2. The third-order valence-corrected chi connectivity index (χ3v) is 6.31. The van der Waals surface area contributed by atoms with Crippen molar-refractivity contribution in [1.82, 2.24) is 10.6 Å². The number of hydrogen-bond donors (Lipinski definition) is 2. The molecule has 0 radical (unpaired) electrons. The van der Waals surface area contributed by atoms with E-state index in [1.165, 1.54) is 12.1 Å². The van der Waals surface area contributed by atoms with Gasteiger partial charge >= 0.3 is 17.9 Å². The largest absolute Gasteiger partial charge is 0.482 e. The van der Waals surface area contributed by atoms with E-state index in [-0.39, 0.29) is 56.7 Å². The van der Waals surface area contributed by atoms with Gasteiger partial charge in [0.1, 0.15) is 24.1 Å². The lowest BCUT2D eigenvalue weighted by Crippen LogP contribution is -2.47. The Morgan fingerprint density at radius 1 is 0.723 bits per heavy atom. The van der Waals surface area contributed by atoms with Gasteiger partial charge in [-0.2, -0.15) is 0 Å². The van der Waals surface area contributed by atoms with E-state index in [9.17, 15) is 24.0 Å². The van der Waals surface area contributed by atoms with Gasteiger partial charge in [-0.15, -0.1) is 0 Å². The standard InChI is InChI=1S/C35H40N2O10/c1-4-43-32(39)22-44-28-15-13-25(14-16-28)17-30(35(42)47-20-24(2)3)37-31(38)19-36-34(41)27-11-8-12-29(18-27)45-23-33(40)46-21-26-9-6-5-7-10-26/h5-16,18,24,30H,4,17,19-23H2,1-3H3,(H,36,41)(H,37,38)/t30-/m0/s1. The van der Waals surface area contributed by atoms with Crippen molar-refractivity contribution in [2.75, 3.05) is 33.0 Å². The summed E-state index contributed by atoms with van der Waals surface area (Å²) in [6.45, 7) is 5.03. The van der Waals surface area contributed by atoms with Crippen molar-refractivity contribution in [2.45, 2.75) is 39.8 Å². The Balaban J connectivity index is 1.51. The molecular formula is C35H40N2O10. The first-order valence-electron chi connectivity index (χ1n) is 15.2. The minimum atomic E-state index is -1.03. The van der Waals surface area contributed by atoms with Crippen molar-refractivity contribution >= 4 is 29.7 Å². The maximum absolute atomic E-state index is 12.9. The van der Waals surface area contributed by atoms with E-state index in [2.05, 4.69) is 10.6 Å². The molecule has 12 nitrogen and oxygen atoms in total. The van der Waals surface area contributed by atoms with Crippen LogP contribution in [-0.4, -0.2) is 68.7 Å². The highest BCUT2D eigenvalue weighted by atomic mass is 16.6. The van der Waals surface area contributed by atoms with E-state index in [0.717, 1.165) is 5.56 Å². The van der Waals surface area contributed by atoms with Gasteiger partial charge in [-0.1, -0.05) is 62.4 Å². The number of rotatable bonds is 18. The lowest BCUT2D eigenvalue weighted by molar-refractivity contribution is -0.149. The topological polar surface area (TPSA) is 156 Å². The van der Waals surface area contributed by atoms with Crippen molar-refractivity contribution in [3.8, 4) is 11.5 Å². The number of hydrogen-bond acceptors (Lipinski definition) is 10. The van der Waals surface area contributed by atoms with Gasteiger partial charge < -0.3 is 34.3 Å². The first kappa shape index (κ1) is 36.1. The van der Waals surface area contributed by atoms with E-state index in [0.29, 0.717) is 11.3 Å². The smallest absolute Gasteiger partial charge is 0.344 e. The number of carbonyl (C=O) groups is 5. The van der Waals surface area contributed by atoms with Gasteiger partial charge in [0.25, 0.3) is 5.91 Å². The van der Waals surface area contributed by atoms with E-state index in [1.54, 1.807) is 43.3 Å². The van der Waals surface area contributed by atoms with Crippen molar-refractivity contribution < 1.29 is 47.7 Å². The molecule has 12 heteroatoms. The quantitative estimate of drug-likeness (QED) is 0.155. The SMILES string of the molecule is CCOC(=O)COc1ccc(C[C@H](NC(=O)CNC(=O)c2cccc(OCC(=O)OCc3ccccc3)c2)C(=O)OCC(C)C)cc1. The number of amides is 2. The number of nitrogens with one attached hydrogen (secondary N) is 2. The highest BCUT2D eigenvalue weighted by Crippen LogP contribution is 2.15. The molecule has 0 unspecified atom stereocenters. The van der Waals surface area contributed by atoms with Crippen LogP contribution in [-0.2, 0) is 46.4 Å². The molecule has 0 spiro atoms. The zero-order valence-corrected chi connectivity index (χ0v) is 26.7.